The fourth-order valence-electron chi connectivity index (χ4n) is 1.57. The molecule has 0 atom stereocenters. The van der Waals surface area contributed by atoms with Gasteiger partial charge in [-0.1, -0.05) is 32.9 Å². The first kappa shape index (κ1) is 12.0. The van der Waals surface area contributed by atoms with Crippen LogP contribution in [-0.2, 0) is 12.0 Å². The third-order valence-corrected chi connectivity index (χ3v) is 2.38. The molecule has 0 fully saturated rings. The van der Waals surface area contributed by atoms with E-state index in [4.69, 9.17) is 10.6 Å². The quantitative estimate of drug-likeness (QED) is 0.589. The second-order valence-electron chi connectivity index (χ2n) is 4.67. The van der Waals surface area contributed by atoms with Crippen LogP contribution in [0.1, 0.15) is 31.9 Å². The summed E-state index contributed by atoms with van der Waals surface area (Å²) in [5, 5.41) is 0. The monoisotopic (exact) mass is 208 g/mol. The number of rotatable bonds is 3. The van der Waals surface area contributed by atoms with Crippen molar-refractivity contribution in [3.63, 3.8) is 0 Å². The Morgan fingerprint density at radius 3 is 2.47 bits per heavy atom. The van der Waals surface area contributed by atoms with Crippen LogP contribution in [0.4, 0.5) is 0 Å². The number of hydrogen-bond acceptors (Lipinski definition) is 3. The lowest BCUT2D eigenvalue weighted by molar-refractivity contribution is 0.397. The molecule has 0 amide bonds. The third kappa shape index (κ3) is 2.94. The molecule has 0 heterocycles. The van der Waals surface area contributed by atoms with Gasteiger partial charge in [0.05, 0.1) is 7.11 Å². The molecule has 0 unspecified atom stereocenters. The number of benzene rings is 1. The van der Waals surface area contributed by atoms with Crippen LogP contribution < -0.4 is 16.0 Å². The fourth-order valence-corrected chi connectivity index (χ4v) is 1.57. The normalized spacial score (nSPS) is 11.5. The molecule has 0 saturated carbocycles. The number of hydrazine groups is 1. The van der Waals surface area contributed by atoms with Crippen molar-refractivity contribution in [1.82, 2.24) is 5.43 Å². The predicted octanol–water partition coefficient (Wildman–Crippen LogP) is 1.96. The van der Waals surface area contributed by atoms with E-state index in [1.165, 1.54) is 11.1 Å². The molecule has 3 nitrogen and oxygen atoms in total. The van der Waals surface area contributed by atoms with E-state index in [-0.39, 0.29) is 5.41 Å². The van der Waals surface area contributed by atoms with Gasteiger partial charge in [0.25, 0.3) is 0 Å². The molecule has 1 aromatic rings. The van der Waals surface area contributed by atoms with E-state index >= 15 is 0 Å². The maximum atomic E-state index is 5.35. The molecule has 0 aliphatic heterocycles. The van der Waals surface area contributed by atoms with E-state index in [0.717, 1.165) is 5.75 Å². The van der Waals surface area contributed by atoms with Crippen LogP contribution in [0.5, 0.6) is 5.75 Å². The van der Waals surface area contributed by atoms with E-state index < -0.39 is 0 Å². The van der Waals surface area contributed by atoms with Gasteiger partial charge in [-0.3, -0.25) is 11.3 Å². The summed E-state index contributed by atoms with van der Waals surface area (Å²) in [6.45, 7) is 7.19. The fraction of sp³-hybridized carbons (Fsp3) is 0.500. The van der Waals surface area contributed by atoms with Crippen molar-refractivity contribution in [2.24, 2.45) is 5.84 Å². The molecular weight excluding hydrogens is 188 g/mol. The Morgan fingerprint density at radius 1 is 1.33 bits per heavy atom. The van der Waals surface area contributed by atoms with E-state index in [1.54, 1.807) is 7.11 Å². The van der Waals surface area contributed by atoms with Gasteiger partial charge in [0.15, 0.2) is 0 Å². The van der Waals surface area contributed by atoms with Crippen LogP contribution in [0, 0.1) is 0 Å². The first-order chi connectivity index (χ1) is 6.99. The van der Waals surface area contributed by atoms with Crippen molar-refractivity contribution in [1.29, 1.82) is 0 Å². The molecule has 0 spiro atoms. The number of nitrogens with two attached hydrogens (primary N) is 1. The maximum absolute atomic E-state index is 5.35. The van der Waals surface area contributed by atoms with Crippen LogP contribution >= 0.6 is 0 Å². The van der Waals surface area contributed by atoms with Gasteiger partial charge in [-0.25, -0.2) is 0 Å². The van der Waals surface area contributed by atoms with Gasteiger partial charge < -0.3 is 4.74 Å². The van der Waals surface area contributed by atoms with Gasteiger partial charge in [-0.2, -0.15) is 0 Å². The molecule has 0 bridgehead atoms. The van der Waals surface area contributed by atoms with Gasteiger partial charge in [-0.05, 0) is 22.6 Å². The van der Waals surface area contributed by atoms with E-state index in [1.807, 2.05) is 12.1 Å². The summed E-state index contributed by atoms with van der Waals surface area (Å²) in [6, 6.07) is 6.15. The Bertz CT molecular complexity index is 329. The molecule has 0 aliphatic rings. The summed E-state index contributed by atoms with van der Waals surface area (Å²) in [5.74, 6) is 6.24. The van der Waals surface area contributed by atoms with E-state index in [0.29, 0.717) is 6.54 Å². The smallest absolute Gasteiger partial charge is 0.122 e. The lowest BCUT2D eigenvalue weighted by atomic mass is 9.85. The predicted molar refractivity (Wildman–Crippen MR) is 62.7 cm³/mol. The molecule has 3 heteroatoms. The molecule has 1 rings (SSSR count). The highest BCUT2D eigenvalue weighted by atomic mass is 16.5. The van der Waals surface area contributed by atoms with Gasteiger partial charge in [0.1, 0.15) is 5.75 Å². The largest absolute Gasteiger partial charge is 0.496 e. The summed E-state index contributed by atoms with van der Waals surface area (Å²) < 4.78 is 5.35. The van der Waals surface area contributed by atoms with Crippen LogP contribution in [-0.4, -0.2) is 7.11 Å². The second kappa shape index (κ2) is 4.64. The summed E-state index contributed by atoms with van der Waals surface area (Å²) in [4.78, 5) is 0. The highest BCUT2D eigenvalue weighted by Crippen LogP contribution is 2.31. The molecule has 0 aliphatic carbocycles. The van der Waals surface area contributed by atoms with Crippen LogP contribution in [0.2, 0.25) is 0 Å². The van der Waals surface area contributed by atoms with Gasteiger partial charge in [0, 0.05) is 6.54 Å². The van der Waals surface area contributed by atoms with Crippen molar-refractivity contribution in [3.05, 3.63) is 29.3 Å². The lowest BCUT2D eigenvalue weighted by Gasteiger charge is -2.22. The van der Waals surface area contributed by atoms with Crippen LogP contribution in [0.15, 0.2) is 18.2 Å². The Kier molecular flexibility index (Phi) is 3.72. The topological polar surface area (TPSA) is 47.3 Å². The second-order valence-corrected chi connectivity index (χ2v) is 4.67. The maximum Gasteiger partial charge on any atom is 0.122 e. The molecule has 84 valence electrons. The van der Waals surface area contributed by atoms with Gasteiger partial charge >= 0.3 is 0 Å². The molecule has 0 saturated heterocycles. The molecule has 3 N–H and O–H groups in total. The minimum atomic E-state index is 0.0793. The van der Waals surface area contributed by atoms with Crippen molar-refractivity contribution in [2.45, 2.75) is 32.7 Å². The summed E-state index contributed by atoms with van der Waals surface area (Å²) >= 11 is 0. The van der Waals surface area contributed by atoms with E-state index in [9.17, 15) is 0 Å². The standard InChI is InChI=1S/C12H20N2O/c1-12(2,3)10-7-9(8-14-13)5-6-11(10)15-4/h5-7,14H,8,13H2,1-4H3. The van der Waals surface area contributed by atoms with Gasteiger partial charge in [-0.15, -0.1) is 0 Å². The Morgan fingerprint density at radius 2 is 2.00 bits per heavy atom. The summed E-state index contributed by atoms with van der Waals surface area (Å²) in [6.07, 6.45) is 0. The van der Waals surface area contributed by atoms with Crippen molar-refractivity contribution >= 4 is 0 Å². The minimum Gasteiger partial charge on any atom is -0.496 e. The number of ether oxygens (including phenoxy) is 1. The molecule has 0 aromatic heterocycles. The third-order valence-electron chi connectivity index (χ3n) is 2.38. The average molecular weight is 208 g/mol. The minimum absolute atomic E-state index is 0.0793. The first-order valence-electron chi connectivity index (χ1n) is 5.10. The van der Waals surface area contributed by atoms with Crippen molar-refractivity contribution in [3.8, 4) is 5.75 Å². The number of methoxy groups -OCH3 is 1. The SMILES string of the molecule is COc1ccc(CNN)cc1C(C)(C)C. The zero-order valence-corrected chi connectivity index (χ0v) is 9.92. The van der Waals surface area contributed by atoms with Crippen molar-refractivity contribution < 1.29 is 4.74 Å². The highest BCUT2D eigenvalue weighted by Gasteiger charge is 2.18. The Labute approximate surface area is 91.6 Å². The molecular formula is C12H20N2O. The molecule has 0 radical (unpaired) electrons. The zero-order valence-electron chi connectivity index (χ0n) is 9.92. The summed E-state index contributed by atoms with van der Waals surface area (Å²) in [5.41, 5.74) is 5.11. The lowest BCUT2D eigenvalue weighted by Crippen LogP contribution is -2.21. The first-order valence-corrected chi connectivity index (χ1v) is 5.10. The summed E-state index contributed by atoms with van der Waals surface area (Å²) in [7, 11) is 1.70. The highest BCUT2D eigenvalue weighted by molar-refractivity contribution is 5.41. The van der Waals surface area contributed by atoms with Crippen LogP contribution in [0.3, 0.4) is 0 Å². The number of nitrogens with one attached hydrogen (secondary N) is 1. The molecule has 1 aromatic carbocycles. The number of hydrogen-bond donors (Lipinski definition) is 2. The Hall–Kier alpha value is -1.06. The van der Waals surface area contributed by atoms with Crippen LogP contribution in [0.25, 0.3) is 0 Å². The van der Waals surface area contributed by atoms with Crippen molar-refractivity contribution in [2.75, 3.05) is 7.11 Å². The molecule has 15 heavy (non-hydrogen) atoms. The average Bonchev–Trinajstić information content (AvgIpc) is 2.17. The van der Waals surface area contributed by atoms with E-state index in [2.05, 4.69) is 32.3 Å². The Balaban J connectivity index is 3.13. The van der Waals surface area contributed by atoms with Gasteiger partial charge in [0.2, 0.25) is 0 Å². The zero-order chi connectivity index (χ0) is 11.5.